The summed E-state index contributed by atoms with van der Waals surface area (Å²) in [4.78, 5) is 24.9. The molecule has 3 rings (SSSR count). The van der Waals surface area contributed by atoms with Gasteiger partial charge in [0.2, 0.25) is 0 Å². The number of halogens is 2. The summed E-state index contributed by atoms with van der Waals surface area (Å²) in [6.07, 6.45) is 2.17. The van der Waals surface area contributed by atoms with Gasteiger partial charge in [0.1, 0.15) is 0 Å². The molecule has 1 N–H and O–H groups in total. The summed E-state index contributed by atoms with van der Waals surface area (Å²) in [5.74, 6) is -4.02. The molecule has 0 aliphatic carbocycles. The standard InChI is InChI=1S/C14H15F2N5O3/c1-17-12(22)10-7-20(19-18-10)6-9-5-14(15,16)8-21(9)13(23)11-3-2-4-24-11/h2-4,7,9H,5-6,8H2,1H3,(H,17,22)/t9-/m0/s1. The smallest absolute Gasteiger partial charge is 0.290 e. The van der Waals surface area contributed by atoms with Gasteiger partial charge in [-0.25, -0.2) is 13.5 Å². The van der Waals surface area contributed by atoms with Gasteiger partial charge in [0.15, 0.2) is 11.5 Å². The molecule has 1 aliphatic heterocycles. The fraction of sp³-hybridized carbons (Fsp3) is 0.429. The second kappa shape index (κ2) is 6.02. The van der Waals surface area contributed by atoms with E-state index in [4.69, 9.17) is 4.42 Å². The van der Waals surface area contributed by atoms with Gasteiger partial charge in [0.25, 0.3) is 17.7 Å². The van der Waals surface area contributed by atoms with Crippen molar-refractivity contribution in [3.8, 4) is 0 Å². The molecular weight excluding hydrogens is 324 g/mol. The molecule has 1 fully saturated rings. The van der Waals surface area contributed by atoms with E-state index < -0.39 is 36.7 Å². The molecular formula is C14H15F2N5O3. The number of alkyl halides is 2. The van der Waals surface area contributed by atoms with Crippen molar-refractivity contribution in [1.29, 1.82) is 0 Å². The van der Waals surface area contributed by atoms with Crippen molar-refractivity contribution >= 4 is 11.8 Å². The van der Waals surface area contributed by atoms with Crippen LogP contribution in [0.2, 0.25) is 0 Å². The average Bonchev–Trinajstić information content (AvgIpc) is 3.26. The van der Waals surface area contributed by atoms with Gasteiger partial charge < -0.3 is 14.6 Å². The van der Waals surface area contributed by atoms with E-state index in [1.165, 1.54) is 36.3 Å². The Morgan fingerprint density at radius 1 is 1.50 bits per heavy atom. The first-order valence-corrected chi connectivity index (χ1v) is 7.24. The first-order valence-electron chi connectivity index (χ1n) is 7.24. The number of amides is 2. The molecule has 3 heterocycles. The van der Waals surface area contributed by atoms with Crippen LogP contribution in [-0.2, 0) is 6.54 Å². The van der Waals surface area contributed by atoms with E-state index in [-0.39, 0.29) is 18.0 Å². The number of furan rings is 1. The lowest BCUT2D eigenvalue weighted by Gasteiger charge is -2.22. The Balaban J connectivity index is 1.78. The molecule has 24 heavy (non-hydrogen) atoms. The summed E-state index contributed by atoms with van der Waals surface area (Å²) < 4.78 is 33.9. The van der Waals surface area contributed by atoms with Crippen LogP contribution < -0.4 is 5.32 Å². The van der Waals surface area contributed by atoms with Crippen molar-refractivity contribution < 1.29 is 22.8 Å². The molecule has 0 saturated carbocycles. The third kappa shape index (κ3) is 3.12. The van der Waals surface area contributed by atoms with Gasteiger partial charge in [-0.05, 0) is 12.1 Å². The fourth-order valence-corrected chi connectivity index (χ4v) is 2.68. The number of hydrogen-bond donors (Lipinski definition) is 1. The van der Waals surface area contributed by atoms with Gasteiger partial charge >= 0.3 is 0 Å². The lowest BCUT2D eigenvalue weighted by atomic mass is 10.2. The molecule has 10 heteroatoms. The van der Waals surface area contributed by atoms with Gasteiger partial charge in [0.05, 0.1) is 31.6 Å². The Morgan fingerprint density at radius 2 is 2.29 bits per heavy atom. The van der Waals surface area contributed by atoms with Crippen molar-refractivity contribution in [2.75, 3.05) is 13.6 Å². The van der Waals surface area contributed by atoms with E-state index in [9.17, 15) is 18.4 Å². The molecule has 1 aliphatic rings. The number of carbonyl (C=O) groups is 2. The summed E-state index contributed by atoms with van der Waals surface area (Å²) in [5.41, 5.74) is 0.0752. The van der Waals surface area contributed by atoms with Crippen molar-refractivity contribution in [2.45, 2.75) is 24.9 Å². The predicted octanol–water partition coefficient (Wildman–Crippen LogP) is 0.781. The van der Waals surface area contributed by atoms with Crippen LogP contribution in [0, 0.1) is 0 Å². The van der Waals surface area contributed by atoms with E-state index >= 15 is 0 Å². The highest BCUT2D eigenvalue weighted by Crippen LogP contribution is 2.33. The Morgan fingerprint density at radius 3 is 2.96 bits per heavy atom. The van der Waals surface area contributed by atoms with Crippen molar-refractivity contribution in [1.82, 2.24) is 25.2 Å². The molecule has 1 atom stereocenters. The molecule has 1 saturated heterocycles. The van der Waals surface area contributed by atoms with Crippen LogP contribution in [0.1, 0.15) is 27.5 Å². The van der Waals surface area contributed by atoms with Crippen LogP contribution in [0.3, 0.4) is 0 Å². The zero-order valence-corrected chi connectivity index (χ0v) is 12.8. The summed E-state index contributed by atoms with van der Waals surface area (Å²) in [6, 6.07) is 2.16. The Labute approximate surface area is 135 Å². The third-order valence-electron chi connectivity index (χ3n) is 3.77. The maximum Gasteiger partial charge on any atom is 0.290 e. The van der Waals surface area contributed by atoms with Gasteiger partial charge in [0, 0.05) is 13.5 Å². The lowest BCUT2D eigenvalue weighted by Crippen LogP contribution is -2.38. The van der Waals surface area contributed by atoms with Gasteiger partial charge in [-0.15, -0.1) is 5.10 Å². The quantitative estimate of drug-likeness (QED) is 0.888. The SMILES string of the molecule is CNC(=O)c1cn(C[C@@H]2CC(F)(F)CN2C(=O)c2ccco2)nn1. The van der Waals surface area contributed by atoms with E-state index in [0.717, 1.165) is 4.90 Å². The van der Waals surface area contributed by atoms with E-state index in [1.54, 1.807) is 0 Å². The topological polar surface area (TPSA) is 93.3 Å². The minimum atomic E-state index is -2.99. The lowest BCUT2D eigenvalue weighted by molar-refractivity contribution is 0.0113. The summed E-state index contributed by atoms with van der Waals surface area (Å²) in [5, 5.41) is 9.82. The first kappa shape index (κ1) is 16.1. The molecule has 2 aromatic rings. The maximum atomic E-state index is 13.8. The first-order chi connectivity index (χ1) is 11.4. The van der Waals surface area contributed by atoms with E-state index in [1.807, 2.05) is 0 Å². The maximum absolute atomic E-state index is 13.8. The second-order valence-corrected chi connectivity index (χ2v) is 5.53. The molecule has 0 radical (unpaired) electrons. The molecule has 0 spiro atoms. The van der Waals surface area contributed by atoms with E-state index in [2.05, 4.69) is 15.6 Å². The molecule has 8 nitrogen and oxygen atoms in total. The minimum absolute atomic E-state index is 0.00217. The number of nitrogens with zero attached hydrogens (tertiary/aromatic N) is 4. The van der Waals surface area contributed by atoms with Crippen LogP contribution in [0.25, 0.3) is 0 Å². The van der Waals surface area contributed by atoms with Crippen molar-refractivity contribution in [3.05, 3.63) is 36.0 Å². The molecule has 2 aromatic heterocycles. The van der Waals surface area contributed by atoms with Gasteiger partial charge in [-0.2, -0.15) is 0 Å². The third-order valence-corrected chi connectivity index (χ3v) is 3.77. The average molecular weight is 339 g/mol. The van der Waals surface area contributed by atoms with Crippen LogP contribution in [0.5, 0.6) is 0 Å². The van der Waals surface area contributed by atoms with Gasteiger partial charge in [-0.3, -0.25) is 9.59 Å². The number of likely N-dealkylation sites (tertiary alicyclic amines) is 1. The van der Waals surface area contributed by atoms with Crippen molar-refractivity contribution in [2.24, 2.45) is 0 Å². The highest BCUT2D eigenvalue weighted by atomic mass is 19.3. The zero-order chi connectivity index (χ0) is 17.3. The van der Waals surface area contributed by atoms with Crippen LogP contribution in [0.4, 0.5) is 8.78 Å². The Bertz CT molecular complexity index is 743. The molecule has 128 valence electrons. The zero-order valence-electron chi connectivity index (χ0n) is 12.8. The van der Waals surface area contributed by atoms with Crippen LogP contribution >= 0.6 is 0 Å². The van der Waals surface area contributed by atoms with Gasteiger partial charge in [-0.1, -0.05) is 5.21 Å². The molecule has 0 aromatic carbocycles. The predicted molar refractivity (Wildman–Crippen MR) is 76.5 cm³/mol. The summed E-state index contributed by atoms with van der Waals surface area (Å²) in [6.45, 7) is -0.680. The molecule has 0 bridgehead atoms. The largest absolute Gasteiger partial charge is 0.459 e. The number of hydrogen-bond acceptors (Lipinski definition) is 5. The van der Waals surface area contributed by atoms with Crippen LogP contribution in [-0.4, -0.2) is 57.3 Å². The second-order valence-electron chi connectivity index (χ2n) is 5.53. The molecule has 2 amide bonds. The van der Waals surface area contributed by atoms with Crippen molar-refractivity contribution in [3.63, 3.8) is 0 Å². The van der Waals surface area contributed by atoms with Crippen LogP contribution in [0.15, 0.2) is 29.0 Å². The highest BCUT2D eigenvalue weighted by molar-refractivity contribution is 5.92. The Hall–Kier alpha value is -2.78. The number of carbonyl (C=O) groups excluding carboxylic acids is 2. The Kier molecular flexibility index (Phi) is 4.04. The molecule has 0 unspecified atom stereocenters. The monoisotopic (exact) mass is 339 g/mol. The normalized spacial score (nSPS) is 19.5. The van der Waals surface area contributed by atoms with E-state index in [0.29, 0.717) is 0 Å². The summed E-state index contributed by atoms with van der Waals surface area (Å²) >= 11 is 0. The fourth-order valence-electron chi connectivity index (χ4n) is 2.68. The number of aromatic nitrogens is 3. The highest BCUT2D eigenvalue weighted by Gasteiger charge is 2.47. The number of rotatable bonds is 4. The number of nitrogens with one attached hydrogen (secondary N) is 1. The minimum Gasteiger partial charge on any atom is -0.459 e. The summed E-state index contributed by atoms with van der Waals surface area (Å²) in [7, 11) is 1.45.